The van der Waals surface area contributed by atoms with Crippen LogP contribution in [-0.2, 0) is 17.9 Å². The Hall–Kier alpha value is -2.66. The van der Waals surface area contributed by atoms with Gasteiger partial charge in [-0.25, -0.2) is 0 Å². The van der Waals surface area contributed by atoms with Crippen molar-refractivity contribution in [2.45, 2.75) is 32.0 Å². The predicted molar refractivity (Wildman–Crippen MR) is 95.7 cm³/mol. The number of carbonyl (C=O) groups is 1. The van der Waals surface area contributed by atoms with Crippen molar-refractivity contribution < 1.29 is 9.21 Å². The van der Waals surface area contributed by atoms with Gasteiger partial charge in [0.1, 0.15) is 11.3 Å². The van der Waals surface area contributed by atoms with Crippen LogP contribution in [0.2, 0.25) is 0 Å². The minimum atomic E-state index is -0.0637. The van der Waals surface area contributed by atoms with Crippen LogP contribution in [0.25, 0.3) is 11.0 Å². The molecular formula is C20H21N3O2. The van der Waals surface area contributed by atoms with E-state index in [0.717, 1.165) is 42.7 Å². The number of amides is 1. The van der Waals surface area contributed by atoms with Gasteiger partial charge in [-0.1, -0.05) is 30.3 Å². The first-order chi connectivity index (χ1) is 12.3. The Balaban J connectivity index is 1.38. The molecule has 0 bridgehead atoms. The zero-order valence-electron chi connectivity index (χ0n) is 14.0. The van der Waals surface area contributed by atoms with E-state index >= 15 is 0 Å². The monoisotopic (exact) mass is 335 g/mol. The molecule has 0 saturated carbocycles. The first-order valence-corrected chi connectivity index (χ1v) is 8.68. The Morgan fingerprint density at radius 1 is 1.28 bits per heavy atom. The summed E-state index contributed by atoms with van der Waals surface area (Å²) in [6.07, 6.45) is 5.43. The fourth-order valence-corrected chi connectivity index (χ4v) is 3.45. The minimum Gasteiger partial charge on any atom is -0.459 e. The van der Waals surface area contributed by atoms with Gasteiger partial charge in [-0.3, -0.25) is 14.7 Å². The normalized spacial score (nSPS) is 17.8. The highest BCUT2D eigenvalue weighted by Gasteiger charge is 2.30. The third-order valence-corrected chi connectivity index (χ3v) is 4.70. The van der Waals surface area contributed by atoms with Gasteiger partial charge in [0, 0.05) is 24.3 Å². The lowest BCUT2D eigenvalue weighted by molar-refractivity contribution is -0.125. The van der Waals surface area contributed by atoms with Crippen LogP contribution in [0.5, 0.6) is 0 Å². The second kappa shape index (κ2) is 7.07. The summed E-state index contributed by atoms with van der Waals surface area (Å²) < 4.78 is 5.74. The van der Waals surface area contributed by atoms with E-state index < -0.39 is 0 Å². The number of hydrogen-bond acceptors (Lipinski definition) is 4. The second-order valence-electron chi connectivity index (χ2n) is 6.46. The molecule has 0 unspecified atom stereocenters. The minimum absolute atomic E-state index is 0.0637. The Labute approximate surface area is 146 Å². The lowest BCUT2D eigenvalue weighted by Crippen LogP contribution is -2.42. The Morgan fingerprint density at radius 3 is 3.00 bits per heavy atom. The summed E-state index contributed by atoms with van der Waals surface area (Å²) in [4.78, 5) is 19.0. The van der Waals surface area contributed by atoms with Crippen molar-refractivity contribution in [3.05, 3.63) is 66.2 Å². The maximum absolute atomic E-state index is 12.6. The average molecular weight is 335 g/mol. The summed E-state index contributed by atoms with van der Waals surface area (Å²) in [5.74, 6) is 0.830. The third kappa shape index (κ3) is 3.56. The quantitative estimate of drug-likeness (QED) is 0.778. The highest BCUT2D eigenvalue weighted by atomic mass is 16.3. The molecule has 0 aliphatic carbocycles. The molecule has 1 aliphatic heterocycles. The summed E-state index contributed by atoms with van der Waals surface area (Å²) in [6.45, 7) is 2.18. The van der Waals surface area contributed by atoms with Gasteiger partial charge in [0.25, 0.3) is 0 Å². The summed E-state index contributed by atoms with van der Waals surface area (Å²) in [5.41, 5.74) is 2.04. The first kappa shape index (κ1) is 15.8. The van der Waals surface area contributed by atoms with E-state index in [1.807, 2.05) is 30.3 Å². The van der Waals surface area contributed by atoms with Crippen LogP contribution in [-0.4, -0.2) is 28.4 Å². The number of aromatic nitrogens is 1. The van der Waals surface area contributed by atoms with E-state index in [1.54, 1.807) is 12.4 Å². The van der Waals surface area contributed by atoms with Crippen molar-refractivity contribution >= 4 is 16.9 Å². The summed E-state index contributed by atoms with van der Waals surface area (Å²) in [6, 6.07) is 14.0. The van der Waals surface area contributed by atoms with Crippen LogP contribution in [0, 0.1) is 0 Å². The molecule has 1 N–H and O–H groups in total. The molecule has 5 heteroatoms. The Kier molecular flexibility index (Phi) is 4.48. The molecule has 0 spiro atoms. The van der Waals surface area contributed by atoms with Crippen LogP contribution >= 0.6 is 0 Å². The SMILES string of the molecule is O=C(NCc1cc2cnccc2o1)[C@H]1CCCN1Cc1ccccc1. The first-order valence-electron chi connectivity index (χ1n) is 8.68. The second-order valence-corrected chi connectivity index (χ2v) is 6.46. The number of rotatable bonds is 5. The van der Waals surface area contributed by atoms with Crippen LogP contribution in [0.3, 0.4) is 0 Å². The zero-order chi connectivity index (χ0) is 17.1. The molecule has 1 saturated heterocycles. The fourth-order valence-electron chi connectivity index (χ4n) is 3.45. The number of likely N-dealkylation sites (tertiary alicyclic amines) is 1. The lowest BCUT2D eigenvalue weighted by Gasteiger charge is -2.23. The van der Waals surface area contributed by atoms with E-state index in [-0.39, 0.29) is 11.9 Å². The molecule has 3 aromatic rings. The molecule has 0 radical (unpaired) electrons. The molecule has 2 aromatic heterocycles. The lowest BCUT2D eigenvalue weighted by atomic mass is 10.1. The molecule has 3 heterocycles. The number of carbonyl (C=O) groups excluding carboxylic acids is 1. The fraction of sp³-hybridized carbons (Fsp3) is 0.300. The average Bonchev–Trinajstić information content (AvgIpc) is 3.27. The topological polar surface area (TPSA) is 58.4 Å². The number of pyridine rings is 1. The summed E-state index contributed by atoms with van der Waals surface area (Å²) >= 11 is 0. The molecule has 1 aromatic carbocycles. The van der Waals surface area contributed by atoms with Gasteiger partial charge < -0.3 is 9.73 Å². The predicted octanol–water partition coefficient (Wildman–Crippen LogP) is 3.11. The molecule has 5 nitrogen and oxygen atoms in total. The zero-order valence-corrected chi connectivity index (χ0v) is 14.0. The highest BCUT2D eigenvalue weighted by molar-refractivity contribution is 5.82. The molecule has 1 fully saturated rings. The standard InChI is InChI=1S/C20H21N3O2/c24-20(22-13-17-11-16-12-21-9-8-19(16)25-17)18-7-4-10-23(18)14-15-5-2-1-3-6-15/h1-3,5-6,8-9,11-12,18H,4,7,10,13-14H2,(H,22,24)/t18-/m1/s1. The van der Waals surface area contributed by atoms with E-state index in [0.29, 0.717) is 6.54 Å². The van der Waals surface area contributed by atoms with Crippen molar-refractivity contribution in [3.8, 4) is 0 Å². The third-order valence-electron chi connectivity index (χ3n) is 4.70. The number of hydrogen-bond donors (Lipinski definition) is 1. The van der Waals surface area contributed by atoms with E-state index in [9.17, 15) is 4.79 Å². The summed E-state index contributed by atoms with van der Waals surface area (Å²) in [7, 11) is 0. The maximum atomic E-state index is 12.6. The van der Waals surface area contributed by atoms with Crippen LogP contribution < -0.4 is 5.32 Å². The molecule has 1 atom stereocenters. The number of benzene rings is 1. The largest absolute Gasteiger partial charge is 0.459 e. The van der Waals surface area contributed by atoms with Gasteiger partial charge in [-0.2, -0.15) is 0 Å². The number of nitrogens with one attached hydrogen (secondary N) is 1. The van der Waals surface area contributed by atoms with Crippen LogP contribution in [0.15, 0.2) is 59.3 Å². The Bertz CT molecular complexity index is 827. The van der Waals surface area contributed by atoms with Gasteiger partial charge in [-0.15, -0.1) is 0 Å². The number of fused-ring (bicyclic) bond motifs is 1. The molecule has 1 amide bonds. The van der Waals surface area contributed by atoms with Crippen LogP contribution in [0.4, 0.5) is 0 Å². The van der Waals surface area contributed by atoms with Crippen molar-refractivity contribution in [3.63, 3.8) is 0 Å². The van der Waals surface area contributed by atoms with E-state index in [4.69, 9.17) is 4.42 Å². The van der Waals surface area contributed by atoms with Gasteiger partial charge in [0.05, 0.1) is 12.6 Å². The highest BCUT2D eigenvalue weighted by Crippen LogP contribution is 2.21. The van der Waals surface area contributed by atoms with Gasteiger partial charge in [0.15, 0.2) is 0 Å². The molecular weight excluding hydrogens is 314 g/mol. The van der Waals surface area contributed by atoms with E-state index in [2.05, 4.69) is 27.3 Å². The Morgan fingerprint density at radius 2 is 2.16 bits per heavy atom. The van der Waals surface area contributed by atoms with E-state index in [1.165, 1.54) is 5.56 Å². The summed E-state index contributed by atoms with van der Waals surface area (Å²) in [5, 5.41) is 3.98. The van der Waals surface area contributed by atoms with Crippen molar-refractivity contribution in [2.24, 2.45) is 0 Å². The van der Waals surface area contributed by atoms with Gasteiger partial charge >= 0.3 is 0 Å². The van der Waals surface area contributed by atoms with Gasteiger partial charge in [0.2, 0.25) is 5.91 Å². The van der Waals surface area contributed by atoms with Gasteiger partial charge in [-0.05, 0) is 37.1 Å². The van der Waals surface area contributed by atoms with Crippen molar-refractivity contribution in [1.29, 1.82) is 0 Å². The smallest absolute Gasteiger partial charge is 0.237 e. The molecule has 1 aliphatic rings. The molecule has 128 valence electrons. The molecule has 25 heavy (non-hydrogen) atoms. The molecule has 4 rings (SSSR count). The van der Waals surface area contributed by atoms with Crippen molar-refractivity contribution in [2.75, 3.05) is 6.54 Å². The number of furan rings is 1. The maximum Gasteiger partial charge on any atom is 0.237 e. The van der Waals surface area contributed by atoms with Crippen LogP contribution in [0.1, 0.15) is 24.2 Å². The number of nitrogens with zero attached hydrogens (tertiary/aromatic N) is 2. The van der Waals surface area contributed by atoms with Crippen molar-refractivity contribution in [1.82, 2.24) is 15.2 Å².